The number of likely N-dealkylation sites (tertiary alicyclic amines) is 1. The topological polar surface area (TPSA) is 76.1 Å². The monoisotopic (exact) mass is 321 g/mol. The van der Waals surface area contributed by atoms with Gasteiger partial charge in [0, 0.05) is 18.7 Å². The molecule has 0 aromatic heterocycles. The zero-order valence-electron chi connectivity index (χ0n) is 13.8. The molecule has 0 saturated carbocycles. The van der Waals surface area contributed by atoms with E-state index in [4.69, 9.17) is 9.47 Å². The highest BCUT2D eigenvalue weighted by Gasteiger charge is 2.39. The Labute approximate surface area is 136 Å². The minimum absolute atomic E-state index is 0.111. The van der Waals surface area contributed by atoms with Crippen LogP contribution in [-0.4, -0.2) is 49.2 Å². The number of carbonyl (C=O) groups is 2. The van der Waals surface area contributed by atoms with Crippen LogP contribution in [0.3, 0.4) is 0 Å². The van der Waals surface area contributed by atoms with Crippen LogP contribution in [0.15, 0.2) is 18.2 Å². The number of methoxy groups -OCH3 is 2. The number of nitrogens with zero attached hydrogens (tertiary/aromatic N) is 1. The Morgan fingerprint density at radius 2 is 1.87 bits per heavy atom. The molecule has 1 fully saturated rings. The van der Waals surface area contributed by atoms with Crippen molar-refractivity contribution in [2.45, 2.75) is 26.2 Å². The number of benzene rings is 1. The smallest absolute Gasteiger partial charge is 0.311 e. The van der Waals surface area contributed by atoms with Crippen LogP contribution < -0.4 is 9.47 Å². The minimum Gasteiger partial charge on any atom is -0.496 e. The quantitative estimate of drug-likeness (QED) is 0.897. The maximum atomic E-state index is 12.6. The number of amides is 1. The number of hydrogen-bond donors (Lipinski definition) is 1. The SMILES string of the molecule is COc1cccc(OC)c1CC(=O)N1CCCC(C)(C(=O)O)C1. The van der Waals surface area contributed by atoms with Crippen molar-refractivity contribution in [3.8, 4) is 11.5 Å². The fraction of sp³-hybridized carbons (Fsp3) is 0.529. The van der Waals surface area contributed by atoms with Crippen molar-refractivity contribution in [3.05, 3.63) is 23.8 Å². The number of ether oxygens (including phenoxy) is 2. The molecule has 1 saturated heterocycles. The lowest BCUT2D eigenvalue weighted by molar-refractivity contribution is -0.153. The summed E-state index contributed by atoms with van der Waals surface area (Å²) in [6.07, 6.45) is 1.41. The van der Waals surface area contributed by atoms with E-state index in [1.807, 2.05) is 0 Å². The van der Waals surface area contributed by atoms with E-state index in [0.29, 0.717) is 36.4 Å². The van der Waals surface area contributed by atoms with E-state index in [9.17, 15) is 14.7 Å². The van der Waals surface area contributed by atoms with E-state index < -0.39 is 11.4 Å². The predicted octanol–water partition coefficient (Wildman–Crippen LogP) is 1.96. The molecule has 1 aromatic carbocycles. The molecule has 1 aliphatic rings. The maximum absolute atomic E-state index is 12.6. The number of aliphatic carboxylic acids is 1. The van der Waals surface area contributed by atoms with Gasteiger partial charge in [0.15, 0.2) is 0 Å². The molecule has 1 amide bonds. The molecule has 1 unspecified atom stereocenters. The second-order valence-electron chi connectivity index (χ2n) is 6.10. The summed E-state index contributed by atoms with van der Waals surface area (Å²) in [6, 6.07) is 5.36. The molecule has 1 N–H and O–H groups in total. The summed E-state index contributed by atoms with van der Waals surface area (Å²) in [6.45, 7) is 2.51. The average molecular weight is 321 g/mol. The first-order chi connectivity index (χ1) is 10.9. The third-order valence-electron chi connectivity index (χ3n) is 4.42. The summed E-state index contributed by atoms with van der Waals surface area (Å²) >= 11 is 0. The second-order valence-corrected chi connectivity index (χ2v) is 6.10. The van der Waals surface area contributed by atoms with E-state index in [1.165, 1.54) is 0 Å². The van der Waals surface area contributed by atoms with Gasteiger partial charge in [0.2, 0.25) is 5.91 Å². The molecular formula is C17H23NO5. The average Bonchev–Trinajstić information content (AvgIpc) is 2.54. The third-order valence-corrected chi connectivity index (χ3v) is 4.42. The molecule has 2 rings (SSSR count). The zero-order chi connectivity index (χ0) is 17.0. The molecule has 1 atom stereocenters. The van der Waals surface area contributed by atoms with E-state index >= 15 is 0 Å². The van der Waals surface area contributed by atoms with Crippen LogP contribution in [0.5, 0.6) is 11.5 Å². The lowest BCUT2D eigenvalue weighted by Crippen LogP contribution is -2.48. The molecule has 1 aliphatic heterocycles. The van der Waals surface area contributed by atoms with E-state index in [2.05, 4.69) is 0 Å². The van der Waals surface area contributed by atoms with Crippen molar-refractivity contribution in [1.29, 1.82) is 0 Å². The van der Waals surface area contributed by atoms with Gasteiger partial charge >= 0.3 is 5.97 Å². The Morgan fingerprint density at radius 1 is 1.26 bits per heavy atom. The first kappa shape index (κ1) is 17.1. The van der Waals surface area contributed by atoms with Gasteiger partial charge in [-0.25, -0.2) is 0 Å². The molecule has 126 valence electrons. The summed E-state index contributed by atoms with van der Waals surface area (Å²) in [7, 11) is 3.09. The number of hydrogen-bond acceptors (Lipinski definition) is 4. The lowest BCUT2D eigenvalue weighted by atomic mass is 9.82. The summed E-state index contributed by atoms with van der Waals surface area (Å²) in [4.78, 5) is 25.7. The van der Waals surface area contributed by atoms with Crippen molar-refractivity contribution in [2.24, 2.45) is 5.41 Å². The number of piperidine rings is 1. The Hall–Kier alpha value is -2.24. The van der Waals surface area contributed by atoms with Crippen LogP contribution in [-0.2, 0) is 16.0 Å². The number of carbonyl (C=O) groups excluding carboxylic acids is 1. The van der Waals surface area contributed by atoms with Gasteiger partial charge in [-0.1, -0.05) is 6.07 Å². The van der Waals surface area contributed by atoms with Gasteiger partial charge in [0.05, 0.1) is 26.1 Å². The standard InChI is InChI=1S/C17H23NO5/c1-17(16(20)21)8-5-9-18(11-17)15(19)10-12-13(22-2)6-4-7-14(12)23-3/h4,6-7H,5,8-11H2,1-3H3,(H,20,21). The first-order valence-electron chi connectivity index (χ1n) is 7.62. The fourth-order valence-corrected chi connectivity index (χ4v) is 2.99. The fourth-order valence-electron chi connectivity index (χ4n) is 2.99. The largest absolute Gasteiger partial charge is 0.496 e. The van der Waals surface area contributed by atoms with E-state index in [0.717, 1.165) is 0 Å². The molecule has 0 radical (unpaired) electrons. The Kier molecular flexibility index (Phi) is 5.13. The summed E-state index contributed by atoms with van der Waals surface area (Å²) in [5.41, 5.74) is -0.191. The van der Waals surface area contributed by atoms with Gasteiger partial charge in [-0.05, 0) is 31.9 Å². The van der Waals surface area contributed by atoms with Crippen molar-refractivity contribution in [2.75, 3.05) is 27.3 Å². The minimum atomic E-state index is -0.876. The highest BCUT2D eigenvalue weighted by molar-refractivity contribution is 5.82. The van der Waals surface area contributed by atoms with Gasteiger partial charge in [0.1, 0.15) is 11.5 Å². The van der Waals surface area contributed by atoms with Gasteiger partial charge in [0.25, 0.3) is 0 Å². The van der Waals surface area contributed by atoms with Gasteiger partial charge in [-0.2, -0.15) is 0 Å². The predicted molar refractivity (Wildman–Crippen MR) is 84.8 cm³/mol. The van der Waals surface area contributed by atoms with Crippen molar-refractivity contribution < 1.29 is 24.2 Å². The van der Waals surface area contributed by atoms with Crippen LogP contribution in [0, 0.1) is 5.41 Å². The molecule has 23 heavy (non-hydrogen) atoms. The summed E-state index contributed by atoms with van der Waals surface area (Å²) in [5.74, 6) is 0.219. The van der Waals surface area contributed by atoms with Crippen molar-refractivity contribution >= 4 is 11.9 Å². The van der Waals surface area contributed by atoms with E-state index in [1.54, 1.807) is 44.2 Å². The van der Waals surface area contributed by atoms with E-state index in [-0.39, 0.29) is 18.9 Å². The number of carboxylic acid groups (broad SMARTS) is 1. The molecule has 0 aliphatic carbocycles. The highest BCUT2D eigenvalue weighted by Crippen LogP contribution is 2.32. The van der Waals surface area contributed by atoms with Crippen LogP contribution in [0.1, 0.15) is 25.3 Å². The molecule has 6 heteroatoms. The highest BCUT2D eigenvalue weighted by atomic mass is 16.5. The molecule has 0 spiro atoms. The normalized spacial score (nSPS) is 20.9. The zero-order valence-corrected chi connectivity index (χ0v) is 13.8. The Morgan fingerprint density at radius 3 is 2.39 bits per heavy atom. The molecule has 0 bridgehead atoms. The molecular weight excluding hydrogens is 298 g/mol. The van der Waals surface area contributed by atoms with Crippen molar-refractivity contribution in [1.82, 2.24) is 4.90 Å². The molecule has 1 aromatic rings. The maximum Gasteiger partial charge on any atom is 0.311 e. The van der Waals surface area contributed by atoms with Crippen LogP contribution in [0.25, 0.3) is 0 Å². The van der Waals surface area contributed by atoms with Gasteiger partial charge in [-0.15, -0.1) is 0 Å². The molecule has 1 heterocycles. The second kappa shape index (κ2) is 6.89. The lowest BCUT2D eigenvalue weighted by Gasteiger charge is -2.37. The Balaban J connectivity index is 2.18. The summed E-state index contributed by atoms with van der Waals surface area (Å²) < 4.78 is 10.6. The third kappa shape index (κ3) is 3.57. The summed E-state index contributed by atoms with van der Waals surface area (Å²) in [5, 5.41) is 9.37. The Bertz CT molecular complexity index is 578. The van der Waals surface area contributed by atoms with Crippen molar-refractivity contribution in [3.63, 3.8) is 0 Å². The van der Waals surface area contributed by atoms with Crippen LogP contribution in [0.2, 0.25) is 0 Å². The number of rotatable bonds is 5. The van der Waals surface area contributed by atoms with Crippen LogP contribution >= 0.6 is 0 Å². The molecule has 6 nitrogen and oxygen atoms in total. The van der Waals surface area contributed by atoms with Crippen LogP contribution in [0.4, 0.5) is 0 Å². The number of carboxylic acids is 1. The first-order valence-corrected chi connectivity index (χ1v) is 7.62. The van der Waals surface area contributed by atoms with Gasteiger partial charge < -0.3 is 19.5 Å². The van der Waals surface area contributed by atoms with Gasteiger partial charge in [-0.3, -0.25) is 9.59 Å².